The summed E-state index contributed by atoms with van der Waals surface area (Å²) in [4.78, 5) is 27.5. The predicted molar refractivity (Wildman–Crippen MR) is 97.7 cm³/mol. The van der Waals surface area contributed by atoms with E-state index in [9.17, 15) is 9.59 Å². The van der Waals surface area contributed by atoms with E-state index in [0.29, 0.717) is 29.4 Å². The Bertz CT molecular complexity index is 911. The third-order valence-electron chi connectivity index (χ3n) is 4.34. The van der Waals surface area contributed by atoms with E-state index in [1.54, 1.807) is 30.3 Å². The van der Waals surface area contributed by atoms with Crippen LogP contribution in [0, 0.1) is 0 Å². The molecule has 2 aromatic carbocycles. The molecule has 1 unspecified atom stereocenters. The van der Waals surface area contributed by atoms with Gasteiger partial charge in [0.1, 0.15) is 0 Å². The molecule has 0 aliphatic carbocycles. The summed E-state index contributed by atoms with van der Waals surface area (Å²) in [6.45, 7) is 1.85. The number of ether oxygens (including phenoxy) is 3. The van der Waals surface area contributed by atoms with Crippen molar-refractivity contribution in [3.63, 3.8) is 0 Å². The second-order valence-corrected chi connectivity index (χ2v) is 6.36. The standard InChI is InChI=1S/C20H19NO5.Ru/c1-5-16-20(23)21(15-8-6-7-12(2)18(15)26-16)19(22)14-10-9-13(24-3)11-17(14)25-4;/h2,6-11,16H,5H2,1,3-4H3;/q;+1. The first-order chi connectivity index (χ1) is 13.0. The monoisotopic (exact) mass is 455 g/mol. The van der Waals surface area contributed by atoms with Crippen LogP contribution in [0.4, 0.5) is 5.69 Å². The molecule has 1 aliphatic rings. The van der Waals surface area contributed by atoms with Crippen LogP contribution >= 0.6 is 0 Å². The Hall–Kier alpha value is -2.53. The molecule has 0 saturated heterocycles. The van der Waals surface area contributed by atoms with Gasteiger partial charge in [0, 0.05) is 0 Å². The number of hydrogen-bond donors (Lipinski definition) is 0. The van der Waals surface area contributed by atoms with E-state index in [1.807, 2.05) is 17.6 Å². The van der Waals surface area contributed by atoms with Gasteiger partial charge in [0.2, 0.25) is 0 Å². The molecule has 0 fully saturated rings. The molecule has 0 aromatic heterocycles. The van der Waals surface area contributed by atoms with Crippen LogP contribution in [-0.2, 0) is 22.6 Å². The molecule has 0 radical (unpaired) electrons. The van der Waals surface area contributed by atoms with Crippen molar-refractivity contribution in [2.24, 2.45) is 0 Å². The molecular formula is C20H19NO5Ru+. The second kappa shape index (κ2) is 8.01. The number of para-hydroxylation sites is 1. The molecule has 6 nitrogen and oxygen atoms in total. The summed E-state index contributed by atoms with van der Waals surface area (Å²) < 4.78 is 18.2. The number of amides is 2. The molecule has 0 saturated carbocycles. The fourth-order valence-corrected chi connectivity index (χ4v) is 3.34. The van der Waals surface area contributed by atoms with E-state index in [4.69, 9.17) is 14.2 Å². The number of rotatable bonds is 5. The van der Waals surface area contributed by atoms with Gasteiger partial charge in [0.25, 0.3) is 0 Å². The van der Waals surface area contributed by atoms with Gasteiger partial charge < -0.3 is 0 Å². The molecule has 141 valence electrons. The van der Waals surface area contributed by atoms with Crippen LogP contribution in [-0.4, -0.2) is 36.7 Å². The Morgan fingerprint density at radius 1 is 1.26 bits per heavy atom. The van der Waals surface area contributed by atoms with Gasteiger partial charge >= 0.3 is 167 Å². The average molecular weight is 454 g/mol. The van der Waals surface area contributed by atoms with Crippen LogP contribution < -0.4 is 19.1 Å². The van der Waals surface area contributed by atoms with Gasteiger partial charge in [0.15, 0.2) is 0 Å². The van der Waals surface area contributed by atoms with Crippen LogP contribution in [0.5, 0.6) is 17.2 Å². The van der Waals surface area contributed by atoms with Crippen LogP contribution in [0.1, 0.15) is 29.3 Å². The molecule has 0 spiro atoms. The molecule has 2 aromatic rings. The molecule has 7 heteroatoms. The van der Waals surface area contributed by atoms with Crippen molar-refractivity contribution in [1.29, 1.82) is 0 Å². The number of anilines is 1. The van der Waals surface area contributed by atoms with E-state index in [1.165, 1.54) is 19.1 Å². The number of benzene rings is 2. The van der Waals surface area contributed by atoms with Gasteiger partial charge in [-0.1, -0.05) is 0 Å². The average Bonchev–Trinajstić information content (AvgIpc) is 2.71. The summed E-state index contributed by atoms with van der Waals surface area (Å²) in [6.07, 6.45) is -0.271. The Morgan fingerprint density at radius 3 is 2.67 bits per heavy atom. The summed E-state index contributed by atoms with van der Waals surface area (Å²) in [6, 6.07) is 10.2. The zero-order valence-corrected chi connectivity index (χ0v) is 16.9. The topological polar surface area (TPSA) is 65.1 Å². The number of methoxy groups -OCH3 is 2. The summed E-state index contributed by atoms with van der Waals surface area (Å²) in [5, 5.41) is 0. The summed E-state index contributed by atoms with van der Waals surface area (Å²) in [5.74, 6) is 0.551. The molecule has 1 heterocycles. The van der Waals surface area contributed by atoms with Crippen molar-refractivity contribution >= 4 is 22.1 Å². The number of hydrogen-bond acceptors (Lipinski definition) is 5. The van der Waals surface area contributed by atoms with Crippen molar-refractivity contribution in [3.8, 4) is 17.2 Å². The maximum atomic E-state index is 13.3. The Kier molecular flexibility index (Phi) is 5.71. The Morgan fingerprint density at radius 2 is 2.04 bits per heavy atom. The van der Waals surface area contributed by atoms with E-state index < -0.39 is 17.9 Å². The summed E-state index contributed by atoms with van der Waals surface area (Å²) in [7, 11) is 3.00. The first-order valence-electron chi connectivity index (χ1n) is 8.37. The molecular weight excluding hydrogens is 435 g/mol. The quantitative estimate of drug-likeness (QED) is 0.514. The van der Waals surface area contributed by atoms with E-state index in [2.05, 4.69) is 17.9 Å². The van der Waals surface area contributed by atoms with Crippen molar-refractivity contribution < 1.29 is 41.7 Å². The van der Waals surface area contributed by atoms with Gasteiger partial charge in [-0.3, -0.25) is 0 Å². The molecule has 27 heavy (non-hydrogen) atoms. The molecule has 0 bridgehead atoms. The molecule has 0 N–H and O–H groups in total. The fraction of sp³-hybridized carbons (Fsp3) is 0.250. The number of imide groups is 1. The van der Waals surface area contributed by atoms with Crippen LogP contribution in [0.2, 0.25) is 0 Å². The number of nitrogens with zero attached hydrogens (tertiary/aromatic N) is 1. The first-order valence-corrected chi connectivity index (χ1v) is 9.38. The SMILES string of the molecule is CCC1Oc2c([CH]=[Ru+])cccc2N(C(=O)c2ccc(OC)cc2OC)C1=O. The third-order valence-corrected chi connectivity index (χ3v) is 4.89. The summed E-state index contributed by atoms with van der Waals surface area (Å²) >= 11 is 2.42. The number of carbonyl (C=O) groups is 2. The fourth-order valence-electron chi connectivity index (χ4n) is 2.95. The number of carbonyl (C=O) groups excluding carboxylic acids is 2. The van der Waals surface area contributed by atoms with E-state index >= 15 is 0 Å². The minimum absolute atomic E-state index is 0.274. The van der Waals surface area contributed by atoms with Gasteiger partial charge in [-0.25, -0.2) is 0 Å². The van der Waals surface area contributed by atoms with E-state index in [-0.39, 0.29) is 5.56 Å². The Balaban J connectivity index is 2.14. The normalized spacial score (nSPS) is 15.6. The van der Waals surface area contributed by atoms with Gasteiger partial charge in [0.05, 0.1) is 0 Å². The second-order valence-electron chi connectivity index (χ2n) is 5.86. The van der Waals surface area contributed by atoms with Gasteiger partial charge in [-0.05, 0) is 0 Å². The zero-order chi connectivity index (χ0) is 19.6. The van der Waals surface area contributed by atoms with Gasteiger partial charge in [-0.15, -0.1) is 0 Å². The molecule has 1 aliphatic heterocycles. The molecule has 1 atom stereocenters. The molecule has 3 rings (SSSR count). The third kappa shape index (κ3) is 3.39. The first kappa shape index (κ1) is 19.2. The van der Waals surface area contributed by atoms with Crippen molar-refractivity contribution in [3.05, 3.63) is 47.5 Å². The van der Waals surface area contributed by atoms with Crippen molar-refractivity contribution in [2.75, 3.05) is 19.1 Å². The molecule has 2 amide bonds. The van der Waals surface area contributed by atoms with Crippen molar-refractivity contribution in [2.45, 2.75) is 19.4 Å². The van der Waals surface area contributed by atoms with Crippen molar-refractivity contribution in [1.82, 2.24) is 0 Å². The summed E-state index contributed by atoms with van der Waals surface area (Å²) in [5.41, 5.74) is 1.50. The predicted octanol–water partition coefficient (Wildman–Crippen LogP) is 2.75. The maximum absolute atomic E-state index is 13.3. The van der Waals surface area contributed by atoms with Crippen LogP contribution in [0.15, 0.2) is 36.4 Å². The minimum atomic E-state index is -0.724. The van der Waals surface area contributed by atoms with Crippen LogP contribution in [0.25, 0.3) is 0 Å². The number of fused-ring (bicyclic) bond motifs is 1. The van der Waals surface area contributed by atoms with E-state index in [0.717, 1.165) is 5.56 Å². The Labute approximate surface area is 167 Å². The van der Waals surface area contributed by atoms with Crippen LogP contribution in [0.3, 0.4) is 0 Å². The zero-order valence-electron chi connectivity index (χ0n) is 15.2. The van der Waals surface area contributed by atoms with Gasteiger partial charge in [-0.2, -0.15) is 0 Å².